The molecule has 2 aromatic carbocycles. The average molecular weight is 322 g/mol. The first-order chi connectivity index (χ1) is 8.68. The zero-order valence-electron chi connectivity index (χ0n) is 10.6. The van der Waals surface area contributed by atoms with Gasteiger partial charge in [-0.1, -0.05) is 6.92 Å². The molecule has 5 heteroatoms. The summed E-state index contributed by atoms with van der Waals surface area (Å²) in [7, 11) is 0. The third kappa shape index (κ3) is 14.9. The van der Waals surface area contributed by atoms with Crippen molar-refractivity contribution in [2.24, 2.45) is 0 Å². The molecule has 0 heterocycles. The Morgan fingerprint density at radius 1 is 1.16 bits per heavy atom. The van der Waals surface area contributed by atoms with Gasteiger partial charge in [-0.25, -0.2) is 16.9 Å². The zero-order valence-corrected chi connectivity index (χ0v) is 12.5. The summed E-state index contributed by atoms with van der Waals surface area (Å²) in [5, 5.41) is 16.5. The molecule has 1 unspecified atom stereocenters. The molecule has 2 N–H and O–H groups in total. The molecule has 0 aliphatic rings. The van der Waals surface area contributed by atoms with Gasteiger partial charge in [-0.15, -0.1) is 11.8 Å². The molecule has 0 spiro atoms. The molecule has 0 aliphatic carbocycles. The Hall–Kier alpha value is -1.00. The molecule has 1 atom stereocenters. The van der Waals surface area contributed by atoms with Crippen LogP contribution < -0.4 is 0 Å². The van der Waals surface area contributed by atoms with Crippen LogP contribution in [0.3, 0.4) is 0 Å². The van der Waals surface area contributed by atoms with Gasteiger partial charge in [-0.3, -0.25) is 0 Å². The Kier molecular flexibility index (Phi) is 16.1. The monoisotopic (exact) mass is 322 g/mol. The van der Waals surface area contributed by atoms with E-state index in [2.05, 4.69) is 0 Å². The molecular weight excluding hydrogens is 304 g/mol. The van der Waals surface area contributed by atoms with E-state index in [9.17, 15) is 4.79 Å². The normalized spacial score (nSPS) is 9.79. The van der Waals surface area contributed by atoms with E-state index in [0.717, 1.165) is 11.8 Å². The Bertz CT molecular complexity index is 299. The van der Waals surface area contributed by atoms with E-state index < -0.39 is 11.4 Å². The first-order valence-electron chi connectivity index (χ1n) is 5.54. The maximum atomic E-state index is 9.82. The van der Waals surface area contributed by atoms with Crippen molar-refractivity contribution in [3.8, 4) is 0 Å². The van der Waals surface area contributed by atoms with Crippen molar-refractivity contribution in [3.05, 3.63) is 60.7 Å². The van der Waals surface area contributed by atoms with Crippen LogP contribution in [0, 0.1) is 0 Å². The number of carboxylic acids is 1. The van der Waals surface area contributed by atoms with Gasteiger partial charge in [-0.05, 0) is 5.75 Å². The zero-order chi connectivity index (χ0) is 13.6. The standard InChI is InChI=1S/2C5H5.C4H8O3S.Fe/c2*1-2-4-5-3-1;1-2-8-4(7)3(5)6;/h2*1-5H;4,7H,2H2,1H3,(H,5,6);/q-5;-1;;. The predicted octanol–water partition coefficient (Wildman–Crippen LogP) is 2.95. The van der Waals surface area contributed by atoms with Crippen LogP contribution in [0.5, 0.6) is 0 Å². The van der Waals surface area contributed by atoms with Crippen LogP contribution in [-0.4, -0.2) is 27.4 Å². The summed E-state index contributed by atoms with van der Waals surface area (Å²) in [6.07, 6.45) is 0. The van der Waals surface area contributed by atoms with Crippen LogP contribution in [0.4, 0.5) is 0 Å². The first kappa shape index (κ1) is 20.3. The summed E-state index contributed by atoms with van der Waals surface area (Å²) in [6, 6.07) is 20.0. The number of rotatable bonds is 3. The summed E-state index contributed by atoms with van der Waals surface area (Å²) in [5.41, 5.74) is -1.25. The number of aliphatic carboxylic acids is 1. The SMILES string of the molecule is CCSC(O)C(=O)O.[Fe].[cH-]1[cH-][cH-][cH-][cH-]1.c1cc[cH-]c1. The topological polar surface area (TPSA) is 57.5 Å². The average Bonchev–Trinajstić information content (AvgIpc) is 3.08. The van der Waals surface area contributed by atoms with E-state index in [-0.39, 0.29) is 17.1 Å². The van der Waals surface area contributed by atoms with Crippen molar-refractivity contribution < 1.29 is 32.1 Å². The smallest absolute Gasteiger partial charge is 0.343 e. The van der Waals surface area contributed by atoms with Crippen molar-refractivity contribution in [3.63, 3.8) is 0 Å². The number of carboxylic acid groups (broad SMARTS) is 1. The molecule has 2 aromatic rings. The van der Waals surface area contributed by atoms with Gasteiger partial charge < -0.3 is 40.5 Å². The Balaban J connectivity index is 0. The number of carbonyl (C=O) groups is 1. The van der Waals surface area contributed by atoms with Crippen LogP contribution in [0.25, 0.3) is 0 Å². The molecule has 3 nitrogen and oxygen atoms in total. The van der Waals surface area contributed by atoms with Crippen LogP contribution in [-0.2, 0) is 21.9 Å². The van der Waals surface area contributed by atoms with E-state index in [1.807, 2.05) is 60.7 Å². The van der Waals surface area contributed by atoms with Crippen molar-refractivity contribution >= 4 is 17.7 Å². The van der Waals surface area contributed by atoms with Gasteiger partial charge >= 0.3 is 5.97 Å². The molecule has 0 saturated carbocycles. The molecule has 0 saturated heterocycles. The Morgan fingerprint density at radius 3 is 1.74 bits per heavy atom. The fourth-order valence-electron chi connectivity index (χ4n) is 0.871. The number of aliphatic hydroxyl groups is 1. The van der Waals surface area contributed by atoms with Crippen molar-refractivity contribution in [1.82, 2.24) is 0 Å². The van der Waals surface area contributed by atoms with Crippen LogP contribution in [0.1, 0.15) is 6.92 Å². The number of aliphatic hydroxyl groups excluding tert-OH is 1. The molecule has 0 bridgehead atoms. The summed E-state index contributed by atoms with van der Waals surface area (Å²) in [5.74, 6) is -0.551. The predicted molar refractivity (Wildman–Crippen MR) is 75.8 cm³/mol. The van der Waals surface area contributed by atoms with Gasteiger partial charge in [0.25, 0.3) is 0 Å². The Labute approximate surface area is 128 Å². The molecular formula is C14H18FeO3S-6. The third-order valence-electron chi connectivity index (χ3n) is 1.65. The fraction of sp³-hybridized carbons (Fsp3) is 0.214. The van der Waals surface area contributed by atoms with Gasteiger partial charge in [-0.2, -0.15) is 18.2 Å². The maximum Gasteiger partial charge on any atom is 0.343 e. The quantitative estimate of drug-likeness (QED) is 0.518. The van der Waals surface area contributed by atoms with E-state index in [0.29, 0.717) is 5.75 Å². The number of hydrogen-bond donors (Lipinski definition) is 2. The minimum atomic E-state index is -1.25. The minimum Gasteiger partial charge on any atom is -0.748 e. The second-order valence-corrected chi connectivity index (χ2v) is 4.43. The second kappa shape index (κ2) is 15.1. The molecule has 2 rings (SSSR count). The third-order valence-corrected chi connectivity index (χ3v) is 2.50. The summed E-state index contributed by atoms with van der Waals surface area (Å²) < 4.78 is 0. The van der Waals surface area contributed by atoms with Crippen LogP contribution in [0.15, 0.2) is 60.7 Å². The summed E-state index contributed by atoms with van der Waals surface area (Å²) in [4.78, 5) is 9.82. The van der Waals surface area contributed by atoms with E-state index >= 15 is 0 Å². The van der Waals surface area contributed by atoms with Crippen molar-refractivity contribution in [2.75, 3.05) is 5.75 Å². The molecule has 19 heavy (non-hydrogen) atoms. The molecule has 0 amide bonds. The first-order valence-corrected chi connectivity index (χ1v) is 6.59. The second-order valence-electron chi connectivity index (χ2n) is 3.07. The van der Waals surface area contributed by atoms with Gasteiger partial charge in [0, 0.05) is 17.1 Å². The largest absolute Gasteiger partial charge is 0.748 e. The van der Waals surface area contributed by atoms with E-state index in [1.165, 1.54) is 0 Å². The molecule has 0 aromatic heterocycles. The van der Waals surface area contributed by atoms with E-state index in [1.54, 1.807) is 6.92 Å². The number of hydrogen-bond acceptors (Lipinski definition) is 3. The van der Waals surface area contributed by atoms with Gasteiger partial charge in [0.05, 0.1) is 0 Å². The van der Waals surface area contributed by atoms with Gasteiger partial charge in [0.1, 0.15) is 0 Å². The minimum absolute atomic E-state index is 0. The van der Waals surface area contributed by atoms with Crippen LogP contribution in [0.2, 0.25) is 0 Å². The molecule has 0 fully saturated rings. The Morgan fingerprint density at radius 2 is 1.58 bits per heavy atom. The fourth-order valence-corrected chi connectivity index (χ4v) is 1.33. The molecule has 112 valence electrons. The van der Waals surface area contributed by atoms with Crippen molar-refractivity contribution in [1.29, 1.82) is 0 Å². The molecule has 0 aliphatic heterocycles. The molecule has 0 radical (unpaired) electrons. The summed E-state index contributed by atoms with van der Waals surface area (Å²) in [6.45, 7) is 1.79. The number of thioether (sulfide) groups is 1. The van der Waals surface area contributed by atoms with Gasteiger partial charge in [0.2, 0.25) is 0 Å². The van der Waals surface area contributed by atoms with Crippen molar-refractivity contribution in [2.45, 2.75) is 12.4 Å². The van der Waals surface area contributed by atoms with E-state index in [4.69, 9.17) is 10.2 Å². The van der Waals surface area contributed by atoms with Crippen LogP contribution >= 0.6 is 11.8 Å². The maximum absolute atomic E-state index is 9.82. The van der Waals surface area contributed by atoms with Gasteiger partial charge in [0.15, 0.2) is 5.44 Å². The summed E-state index contributed by atoms with van der Waals surface area (Å²) >= 11 is 0.995.